The van der Waals surface area contributed by atoms with E-state index in [0.29, 0.717) is 16.7 Å². The Morgan fingerprint density at radius 1 is 0.842 bits per heavy atom. The van der Waals surface area contributed by atoms with Crippen molar-refractivity contribution in [3.05, 3.63) is 59.7 Å². The lowest BCUT2D eigenvalue weighted by atomic mass is 9.90. The number of fused-ring (bicyclic) bond motifs is 1. The number of carbonyl (C=O) groups is 6. The van der Waals surface area contributed by atoms with Crippen molar-refractivity contribution in [3.63, 3.8) is 0 Å². The molecule has 2 aliphatic rings. The minimum absolute atomic E-state index is 0.0461. The first-order chi connectivity index (χ1) is 17.8. The molecule has 38 heavy (non-hydrogen) atoms. The van der Waals surface area contributed by atoms with Crippen LogP contribution < -0.4 is 0 Å². The summed E-state index contributed by atoms with van der Waals surface area (Å²) in [6.45, 7) is 9.72. The lowest BCUT2D eigenvalue weighted by Crippen LogP contribution is -2.61. The van der Waals surface area contributed by atoms with Crippen molar-refractivity contribution in [2.75, 3.05) is 6.61 Å². The number of rotatable bonds is 6. The van der Waals surface area contributed by atoms with Gasteiger partial charge in [-0.25, -0.2) is 0 Å². The predicted octanol–water partition coefficient (Wildman–Crippen LogP) is 2.31. The number of ether oxygens (including phenoxy) is 5. The zero-order chi connectivity index (χ0) is 28.6. The van der Waals surface area contributed by atoms with E-state index in [2.05, 4.69) is 6.58 Å². The summed E-state index contributed by atoms with van der Waals surface area (Å²) in [5.41, 5.74) is 1.55. The quantitative estimate of drug-likeness (QED) is 0.303. The molecule has 204 valence electrons. The molecule has 1 aromatic carbocycles. The number of hydrogen-bond acceptors (Lipinski definition) is 11. The molecule has 11 nitrogen and oxygen atoms in total. The van der Waals surface area contributed by atoms with E-state index in [0.717, 1.165) is 13.8 Å². The highest BCUT2D eigenvalue weighted by molar-refractivity contribution is 6.24. The van der Waals surface area contributed by atoms with E-state index in [4.69, 9.17) is 23.7 Å². The van der Waals surface area contributed by atoms with Gasteiger partial charge in [-0.2, -0.15) is 0 Å². The normalized spacial score (nSPS) is 23.9. The fourth-order valence-corrected chi connectivity index (χ4v) is 3.90. The first kappa shape index (κ1) is 30.1. The fourth-order valence-electron chi connectivity index (χ4n) is 3.90. The molecule has 0 N–H and O–H groups in total. The monoisotopic (exact) mass is 530 g/mol. The third-order valence-corrected chi connectivity index (χ3v) is 5.40. The van der Waals surface area contributed by atoms with Gasteiger partial charge in [0.05, 0.1) is 0 Å². The molecule has 0 amide bonds. The van der Waals surface area contributed by atoms with Gasteiger partial charge in [-0.1, -0.05) is 30.3 Å². The second-order valence-corrected chi connectivity index (χ2v) is 8.47. The third-order valence-electron chi connectivity index (χ3n) is 5.40. The summed E-state index contributed by atoms with van der Waals surface area (Å²) in [4.78, 5) is 68.4. The molecule has 3 rings (SSSR count). The van der Waals surface area contributed by atoms with Crippen LogP contribution in [-0.2, 0) is 42.9 Å². The Morgan fingerprint density at radius 3 is 1.89 bits per heavy atom. The molecule has 1 aliphatic carbocycles. The average Bonchev–Trinajstić information content (AvgIpc) is 2.83. The van der Waals surface area contributed by atoms with Gasteiger partial charge in [0.1, 0.15) is 18.8 Å². The smallest absolute Gasteiger partial charge is 0.303 e. The van der Waals surface area contributed by atoms with E-state index in [1.807, 2.05) is 0 Å². The summed E-state index contributed by atoms with van der Waals surface area (Å²) in [5.74, 6) is -2.67. The Labute approximate surface area is 219 Å². The van der Waals surface area contributed by atoms with E-state index >= 15 is 0 Å². The Bertz CT molecular complexity index is 1150. The van der Waals surface area contributed by atoms with Crippen LogP contribution in [0.1, 0.15) is 55.3 Å². The van der Waals surface area contributed by atoms with Gasteiger partial charge in [0.15, 0.2) is 29.9 Å². The van der Waals surface area contributed by atoms with E-state index in [1.54, 1.807) is 31.2 Å². The van der Waals surface area contributed by atoms with Crippen LogP contribution >= 0.6 is 0 Å². The van der Waals surface area contributed by atoms with Gasteiger partial charge in [-0.3, -0.25) is 28.8 Å². The highest BCUT2D eigenvalue weighted by Crippen LogP contribution is 2.29. The number of allylic oxidation sites excluding steroid dienone is 2. The Balaban J connectivity index is 0.000000323. The molecule has 0 radical (unpaired) electrons. The molecule has 0 saturated carbocycles. The minimum atomic E-state index is -1.15. The lowest BCUT2D eigenvalue weighted by Gasteiger charge is -2.43. The summed E-state index contributed by atoms with van der Waals surface area (Å²) < 4.78 is 26.2. The molecule has 1 heterocycles. The molecule has 1 aromatic rings. The van der Waals surface area contributed by atoms with Crippen LogP contribution in [-0.4, -0.2) is 72.6 Å². The maximum absolute atomic E-state index is 11.5. The summed E-state index contributed by atoms with van der Waals surface area (Å²) in [6.07, 6.45) is -2.41. The van der Waals surface area contributed by atoms with Crippen molar-refractivity contribution in [3.8, 4) is 0 Å². The SMILES string of the molecule is C=C[C@@H]1O[C@H](COC(C)=O)[C@@H](OC(C)=O)[C@H](OC(C)=O)[C@H]1OC(C)=O.CC1=CC(=O)c2ccccc2C1=O. The van der Waals surface area contributed by atoms with Crippen molar-refractivity contribution in [2.24, 2.45) is 0 Å². The summed E-state index contributed by atoms with van der Waals surface area (Å²) in [5, 5.41) is 0. The summed E-state index contributed by atoms with van der Waals surface area (Å²) in [6, 6.07) is 6.89. The highest BCUT2D eigenvalue weighted by Gasteiger charge is 2.51. The van der Waals surface area contributed by atoms with Crippen LogP contribution in [0.15, 0.2) is 48.6 Å². The standard InChI is InChI=1S/C16H22O9.C11H8O2/c1-6-12-14(22-9(3)18)16(24-11(5)20)15(23-10(4)19)13(25-12)7-21-8(2)17;1-7-6-10(12)8-4-2-3-5-9(8)11(7)13/h6,12-16H,1,7H2,2-5H3;2-6H,1H3/t12-,13+,14-,15+,16+;/m0./s1. The average molecular weight is 531 g/mol. The molecular formula is C27H30O11. The van der Waals surface area contributed by atoms with Crippen molar-refractivity contribution in [1.29, 1.82) is 0 Å². The summed E-state index contributed by atoms with van der Waals surface area (Å²) in [7, 11) is 0. The largest absolute Gasteiger partial charge is 0.463 e. The number of hydrogen-bond donors (Lipinski definition) is 0. The lowest BCUT2D eigenvalue weighted by molar-refractivity contribution is -0.244. The van der Waals surface area contributed by atoms with Crippen molar-refractivity contribution in [1.82, 2.24) is 0 Å². The molecule has 1 aliphatic heterocycles. The van der Waals surface area contributed by atoms with Gasteiger partial charge in [0.2, 0.25) is 0 Å². The summed E-state index contributed by atoms with van der Waals surface area (Å²) >= 11 is 0. The van der Waals surface area contributed by atoms with Crippen LogP contribution in [0, 0.1) is 0 Å². The molecule has 11 heteroatoms. The zero-order valence-corrected chi connectivity index (χ0v) is 21.8. The molecule has 1 saturated heterocycles. The van der Waals surface area contributed by atoms with Crippen LogP contribution in [0.3, 0.4) is 0 Å². The number of Topliss-reactive ketones (excluding diaryl/α,β-unsaturated/α-hetero) is 1. The van der Waals surface area contributed by atoms with E-state index in [-0.39, 0.29) is 18.2 Å². The van der Waals surface area contributed by atoms with Gasteiger partial charge in [0.25, 0.3) is 0 Å². The van der Waals surface area contributed by atoms with Gasteiger partial charge in [-0.05, 0) is 13.0 Å². The fraction of sp³-hybridized carbons (Fsp3) is 0.407. The molecule has 1 fully saturated rings. The van der Waals surface area contributed by atoms with Gasteiger partial charge >= 0.3 is 23.9 Å². The molecular weight excluding hydrogens is 500 g/mol. The second-order valence-electron chi connectivity index (χ2n) is 8.47. The maximum Gasteiger partial charge on any atom is 0.303 e. The molecule has 0 spiro atoms. The van der Waals surface area contributed by atoms with Gasteiger partial charge in [0, 0.05) is 44.4 Å². The maximum atomic E-state index is 11.5. The first-order valence-electron chi connectivity index (χ1n) is 11.6. The predicted molar refractivity (Wildman–Crippen MR) is 131 cm³/mol. The van der Waals surface area contributed by atoms with E-state index in [1.165, 1.54) is 26.0 Å². The van der Waals surface area contributed by atoms with E-state index in [9.17, 15) is 28.8 Å². The van der Waals surface area contributed by atoms with Crippen LogP contribution in [0.4, 0.5) is 0 Å². The minimum Gasteiger partial charge on any atom is -0.463 e. The Morgan fingerprint density at radius 2 is 1.37 bits per heavy atom. The Kier molecular flexibility index (Phi) is 10.6. The Hall–Kier alpha value is -4.12. The number of benzene rings is 1. The van der Waals surface area contributed by atoms with Crippen molar-refractivity contribution in [2.45, 2.75) is 65.1 Å². The van der Waals surface area contributed by atoms with Crippen LogP contribution in [0.2, 0.25) is 0 Å². The molecule has 0 aromatic heterocycles. The van der Waals surface area contributed by atoms with Crippen LogP contribution in [0.25, 0.3) is 0 Å². The van der Waals surface area contributed by atoms with Gasteiger partial charge in [-0.15, -0.1) is 6.58 Å². The van der Waals surface area contributed by atoms with Crippen LogP contribution in [0.5, 0.6) is 0 Å². The third kappa shape index (κ3) is 7.94. The first-order valence-corrected chi connectivity index (χ1v) is 11.6. The number of ketones is 2. The molecule has 0 unspecified atom stereocenters. The molecule has 0 bridgehead atoms. The van der Waals surface area contributed by atoms with Gasteiger partial charge < -0.3 is 23.7 Å². The van der Waals surface area contributed by atoms with E-state index < -0.39 is 54.4 Å². The number of carbonyl (C=O) groups excluding carboxylic acids is 6. The van der Waals surface area contributed by atoms with Crippen molar-refractivity contribution >= 4 is 35.4 Å². The zero-order valence-electron chi connectivity index (χ0n) is 21.8. The van der Waals surface area contributed by atoms with Crippen molar-refractivity contribution < 1.29 is 52.5 Å². The second kappa shape index (κ2) is 13.4. The highest BCUT2D eigenvalue weighted by atomic mass is 16.7. The topological polar surface area (TPSA) is 149 Å². The number of esters is 4. The molecule has 5 atom stereocenters.